The van der Waals surface area contributed by atoms with E-state index in [9.17, 15) is 13.2 Å². The van der Waals surface area contributed by atoms with Gasteiger partial charge >= 0.3 is 5.97 Å². The molecule has 0 aromatic heterocycles. The Morgan fingerprint density at radius 1 is 1.14 bits per heavy atom. The summed E-state index contributed by atoms with van der Waals surface area (Å²) in [6.45, 7) is 1.94. The molecule has 1 aliphatic rings. The van der Waals surface area contributed by atoms with Crippen LogP contribution in [0.25, 0.3) is 0 Å². The minimum absolute atomic E-state index is 0.0197. The predicted octanol–water partition coefficient (Wildman–Crippen LogP) is 4.44. The molecule has 0 bridgehead atoms. The van der Waals surface area contributed by atoms with E-state index in [1.54, 1.807) is 0 Å². The Kier molecular flexibility index (Phi) is 6.43. The van der Waals surface area contributed by atoms with E-state index in [1.165, 1.54) is 49.3 Å². The molecule has 0 heterocycles. The molecule has 1 aliphatic carbocycles. The number of halogens is 1. The lowest BCUT2D eigenvalue weighted by Gasteiger charge is -2.22. The van der Waals surface area contributed by atoms with Crippen molar-refractivity contribution in [3.63, 3.8) is 0 Å². The molecule has 28 heavy (non-hydrogen) atoms. The van der Waals surface area contributed by atoms with Gasteiger partial charge in [0, 0.05) is 6.04 Å². The van der Waals surface area contributed by atoms with E-state index in [1.807, 2.05) is 13.0 Å². The van der Waals surface area contributed by atoms with Crippen molar-refractivity contribution < 1.29 is 17.9 Å². The van der Waals surface area contributed by atoms with Gasteiger partial charge in [0.05, 0.1) is 22.6 Å². The van der Waals surface area contributed by atoms with Crippen molar-refractivity contribution in [3.8, 4) is 0 Å². The Hall–Kier alpha value is -1.89. The zero-order chi connectivity index (χ0) is 20.3. The largest absolute Gasteiger partial charge is 0.465 e. The second-order valence-electron chi connectivity index (χ2n) is 6.95. The maximum Gasteiger partial charge on any atom is 0.339 e. The second kappa shape index (κ2) is 8.64. The van der Waals surface area contributed by atoms with Gasteiger partial charge in [0.1, 0.15) is 0 Å². The molecule has 0 aliphatic heterocycles. The van der Waals surface area contributed by atoms with Crippen molar-refractivity contribution in [1.82, 2.24) is 4.72 Å². The van der Waals surface area contributed by atoms with Crippen LogP contribution in [0.3, 0.4) is 0 Å². The zero-order valence-corrected chi connectivity index (χ0v) is 17.6. The topological polar surface area (TPSA) is 72.5 Å². The van der Waals surface area contributed by atoms with Crippen molar-refractivity contribution in [3.05, 3.63) is 63.7 Å². The van der Waals surface area contributed by atoms with Gasteiger partial charge in [-0.25, -0.2) is 17.9 Å². The highest BCUT2D eigenvalue weighted by molar-refractivity contribution is 7.89. The van der Waals surface area contributed by atoms with E-state index in [0.29, 0.717) is 6.42 Å². The van der Waals surface area contributed by atoms with Gasteiger partial charge in [-0.05, 0) is 67.0 Å². The van der Waals surface area contributed by atoms with Crippen molar-refractivity contribution in [1.29, 1.82) is 0 Å². The molecule has 0 saturated heterocycles. The lowest BCUT2D eigenvalue weighted by atomic mass is 9.89. The smallest absolute Gasteiger partial charge is 0.339 e. The molecule has 5 nitrogen and oxygen atoms in total. The van der Waals surface area contributed by atoms with Gasteiger partial charge < -0.3 is 4.74 Å². The SMILES string of the molecule is CCC(NS(=O)(=O)c1ccc(Cl)c(C(=O)OC)c1)c1ccc2c(c1)CCCC2. The number of hydrogen-bond acceptors (Lipinski definition) is 4. The van der Waals surface area contributed by atoms with E-state index in [-0.39, 0.29) is 21.5 Å². The van der Waals surface area contributed by atoms with Crippen LogP contribution in [-0.4, -0.2) is 21.5 Å². The summed E-state index contributed by atoms with van der Waals surface area (Å²) in [6, 6.07) is 9.90. The van der Waals surface area contributed by atoms with Gasteiger partial charge in [0.25, 0.3) is 0 Å². The van der Waals surface area contributed by atoms with E-state index in [2.05, 4.69) is 21.6 Å². The molecule has 0 radical (unpaired) electrons. The fraction of sp³-hybridized carbons (Fsp3) is 0.381. The number of benzene rings is 2. The van der Waals surface area contributed by atoms with Crippen LogP contribution >= 0.6 is 11.6 Å². The van der Waals surface area contributed by atoms with Gasteiger partial charge in [-0.15, -0.1) is 0 Å². The highest BCUT2D eigenvalue weighted by Crippen LogP contribution is 2.28. The molecule has 0 fully saturated rings. The number of carbonyl (C=O) groups is 1. The molecule has 1 unspecified atom stereocenters. The number of ether oxygens (including phenoxy) is 1. The summed E-state index contributed by atoms with van der Waals surface area (Å²) in [5, 5.41) is 0.146. The first-order chi connectivity index (χ1) is 13.4. The average molecular weight is 422 g/mol. The van der Waals surface area contributed by atoms with Crippen LogP contribution in [0.4, 0.5) is 0 Å². The number of aryl methyl sites for hydroxylation is 2. The fourth-order valence-electron chi connectivity index (χ4n) is 3.55. The fourth-order valence-corrected chi connectivity index (χ4v) is 5.08. The quantitative estimate of drug-likeness (QED) is 0.700. The molecule has 7 heteroatoms. The standard InChI is InChI=1S/C21H24ClNO4S/c1-3-20(16-9-8-14-6-4-5-7-15(14)12-16)23-28(25,26)17-10-11-19(22)18(13-17)21(24)27-2/h8-13,20,23H,3-7H2,1-2H3. The molecule has 150 valence electrons. The van der Waals surface area contributed by atoms with E-state index >= 15 is 0 Å². The van der Waals surface area contributed by atoms with Crippen molar-refractivity contribution in [2.24, 2.45) is 0 Å². The molecule has 2 aromatic carbocycles. The van der Waals surface area contributed by atoms with E-state index in [0.717, 1.165) is 18.4 Å². The van der Waals surface area contributed by atoms with Gasteiger partial charge in [-0.1, -0.05) is 36.7 Å². The summed E-state index contributed by atoms with van der Waals surface area (Å²) < 4.78 is 33.3. The number of esters is 1. The van der Waals surface area contributed by atoms with E-state index < -0.39 is 16.0 Å². The number of hydrogen-bond donors (Lipinski definition) is 1. The third-order valence-electron chi connectivity index (χ3n) is 5.13. The summed E-state index contributed by atoms with van der Waals surface area (Å²) in [5.74, 6) is -0.677. The molecular weight excluding hydrogens is 398 g/mol. The highest BCUT2D eigenvalue weighted by atomic mass is 35.5. The third-order valence-corrected chi connectivity index (χ3v) is 6.93. The van der Waals surface area contributed by atoms with Gasteiger partial charge in [-0.2, -0.15) is 0 Å². The number of sulfonamides is 1. The number of carbonyl (C=O) groups excluding carboxylic acids is 1. The summed E-state index contributed by atoms with van der Waals surface area (Å²) in [4.78, 5) is 11.8. The van der Waals surface area contributed by atoms with Crippen LogP contribution in [0.2, 0.25) is 5.02 Å². The minimum Gasteiger partial charge on any atom is -0.465 e. The van der Waals surface area contributed by atoms with Crippen LogP contribution < -0.4 is 4.72 Å². The summed E-state index contributed by atoms with van der Waals surface area (Å²) in [5.41, 5.74) is 3.64. The normalized spacial score (nSPS) is 15.0. The Morgan fingerprint density at radius 2 is 1.86 bits per heavy atom. The minimum atomic E-state index is -3.84. The predicted molar refractivity (Wildman–Crippen MR) is 109 cm³/mol. The molecular formula is C21H24ClNO4S. The van der Waals surface area contributed by atoms with Crippen LogP contribution in [-0.2, 0) is 27.6 Å². The van der Waals surface area contributed by atoms with Crippen molar-refractivity contribution in [2.45, 2.75) is 50.0 Å². The molecule has 0 saturated carbocycles. The Bertz CT molecular complexity index is 988. The van der Waals surface area contributed by atoms with Crippen molar-refractivity contribution in [2.75, 3.05) is 7.11 Å². The Labute approximate surface area is 171 Å². The Morgan fingerprint density at radius 3 is 2.54 bits per heavy atom. The number of fused-ring (bicyclic) bond motifs is 1. The van der Waals surface area contributed by atoms with Gasteiger partial charge in [0.15, 0.2) is 0 Å². The molecule has 1 N–H and O–H groups in total. The molecule has 0 spiro atoms. The number of nitrogens with one attached hydrogen (secondary N) is 1. The van der Waals surface area contributed by atoms with Crippen molar-refractivity contribution >= 4 is 27.6 Å². The van der Waals surface area contributed by atoms with Gasteiger partial charge in [-0.3, -0.25) is 0 Å². The van der Waals surface area contributed by atoms with Crippen LogP contribution in [0.1, 0.15) is 59.3 Å². The first-order valence-corrected chi connectivity index (χ1v) is 11.2. The lowest BCUT2D eigenvalue weighted by Crippen LogP contribution is -2.28. The third kappa shape index (κ3) is 4.40. The highest BCUT2D eigenvalue weighted by Gasteiger charge is 2.23. The van der Waals surface area contributed by atoms with E-state index in [4.69, 9.17) is 11.6 Å². The lowest BCUT2D eigenvalue weighted by molar-refractivity contribution is 0.0600. The maximum atomic E-state index is 12.9. The molecule has 1 atom stereocenters. The number of methoxy groups -OCH3 is 1. The summed E-state index contributed by atoms with van der Waals surface area (Å²) in [7, 11) is -2.61. The summed E-state index contributed by atoms with van der Waals surface area (Å²) >= 11 is 6.00. The van der Waals surface area contributed by atoms with Crippen LogP contribution in [0.15, 0.2) is 41.3 Å². The maximum absolute atomic E-state index is 12.9. The molecule has 0 amide bonds. The van der Waals surface area contributed by atoms with Crippen LogP contribution in [0.5, 0.6) is 0 Å². The number of rotatable bonds is 6. The molecule has 2 aromatic rings. The first kappa shape index (κ1) is 20.8. The van der Waals surface area contributed by atoms with Gasteiger partial charge in [0.2, 0.25) is 10.0 Å². The monoisotopic (exact) mass is 421 g/mol. The molecule has 3 rings (SSSR count). The summed E-state index contributed by atoms with van der Waals surface area (Å²) in [6.07, 6.45) is 5.09. The van der Waals surface area contributed by atoms with Crippen LogP contribution in [0, 0.1) is 0 Å². The Balaban J connectivity index is 1.89. The average Bonchev–Trinajstić information content (AvgIpc) is 2.71. The zero-order valence-electron chi connectivity index (χ0n) is 16.0. The first-order valence-electron chi connectivity index (χ1n) is 9.37. The second-order valence-corrected chi connectivity index (χ2v) is 9.07.